The lowest BCUT2D eigenvalue weighted by Gasteiger charge is -2.02. The number of nitrogens with zero attached hydrogens (tertiary/aromatic N) is 4. The molecular weight excluding hydrogens is 268 g/mol. The lowest BCUT2D eigenvalue weighted by atomic mass is 10.3. The van der Waals surface area contributed by atoms with Gasteiger partial charge in [-0.25, -0.2) is 9.97 Å². The Bertz CT molecular complexity index is 454. The van der Waals surface area contributed by atoms with Crippen molar-refractivity contribution >= 4 is 0 Å². The summed E-state index contributed by atoms with van der Waals surface area (Å²) < 4.78 is 4.10. The first-order valence-electron chi connectivity index (χ1n) is 7.43. The number of unbranched alkanes of at least 4 members (excludes halogenated alkanes) is 2. The summed E-state index contributed by atoms with van der Waals surface area (Å²) in [5.41, 5.74) is 0. The van der Waals surface area contributed by atoms with Gasteiger partial charge in [0.15, 0.2) is 0 Å². The molecule has 0 radical (unpaired) electrons. The van der Waals surface area contributed by atoms with Gasteiger partial charge in [-0.2, -0.15) is 0 Å². The minimum atomic E-state index is 0.285. The first-order chi connectivity index (χ1) is 10.3. The summed E-state index contributed by atoms with van der Waals surface area (Å²) in [6, 6.07) is 0. The summed E-state index contributed by atoms with van der Waals surface area (Å²) in [7, 11) is 0. The van der Waals surface area contributed by atoms with Crippen LogP contribution in [0.5, 0.6) is 0 Å². The molecule has 2 aromatic heterocycles. The van der Waals surface area contributed by atoms with Gasteiger partial charge < -0.3 is 19.3 Å². The molecule has 0 atom stereocenters. The number of hydrogen-bond donors (Lipinski definition) is 2. The predicted octanol–water partition coefficient (Wildman–Crippen LogP) is 1.62. The van der Waals surface area contributed by atoms with Gasteiger partial charge in [-0.1, -0.05) is 0 Å². The van der Waals surface area contributed by atoms with E-state index >= 15 is 0 Å². The molecule has 21 heavy (non-hydrogen) atoms. The summed E-state index contributed by atoms with van der Waals surface area (Å²) in [6.45, 7) is 4.48. The van der Waals surface area contributed by atoms with Crippen LogP contribution in [-0.4, -0.2) is 42.5 Å². The third-order valence-electron chi connectivity index (χ3n) is 3.11. The van der Waals surface area contributed by atoms with Crippen molar-refractivity contribution in [3.8, 4) is 0 Å². The Kier molecular flexibility index (Phi) is 9.15. The van der Waals surface area contributed by atoms with Crippen LogP contribution in [0.3, 0.4) is 0 Å². The topological polar surface area (TPSA) is 76.1 Å². The van der Waals surface area contributed by atoms with Crippen LogP contribution in [-0.2, 0) is 13.1 Å². The molecule has 0 aliphatic rings. The molecule has 118 valence electrons. The summed E-state index contributed by atoms with van der Waals surface area (Å²) in [5, 5.41) is 17.0. The molecule has 2 N–H and O–H groups in total. The smallest absolute Gasteiger partial charge is 0.105 e. The maximum Gasteiger partial charge on any atom is 0.105 e. The number of rotatable bonds is 8. The van der Waals surface area contributed by atoms with Crippen molar-refractivity contribution in [1.82, 2.24) is 19.1 Å². The molecule has 2 aromatic rings. The van der Waals surface area contributed by atoms with E-state index in [4.69, 9.17) is 10.2 Å². The first kappa shape index (κ1) is 17.4. The summed E-state index contributed by atoms with van der Waals surface area (Å²) in [6.07, 6.45) is 13.0. The molecule has 0 aromatic carbocycles. The maximum absolute atomic E-state index is 8.54. The normalized spacial score (nSPS) is 10.2. The standard InChI is InChI=1S/C8H14N2O.C7H12N2O/c1-8-9-4-6-10(8)5-2-3-7-11;10-6-2-1-4-9-5-3-8-7-9/h4,6,11H,2-3,5,7H2,1H3;3,5,7,10H,1-2,4,6H2. The fourth-order valence-corrected chi connectivity index (χ4v) is 1.86. The number of aromatic nitrogens is 4. The molecule has 0 saturated carbocycles. The lowest BCUT2D eigenvalue weighted by molar-refractivity contribution is 0.281. The fraction of sp³-hybridized carbons (Fsp3) is 0.600. The van der Waals surface area contributed by atoms with E-state index in [2.05, 4.69) is 14.5 Å². The van der Waals surface area contributed by atoms with Crippen molar-refractivity contribution in [3.63, 3.8) is 0 Å². The van der Waals surface area contributed by atoms with Crippen LogP contribution in [0.15, 0.2) is 31.1 Å². The number of aryl methyl sites for hydroxylation is 3. The van der Waals surface area contributed by atoms with Crippen molar-refractivity contribution in [1.29, 1.82) is 0 Å². The average Bonchev–Trinajstić information content (AvgIpc) is 3.13. The molecule has 0 unspecified atom stereocenters. The molecule has 0 amide bonds. The molecule has 0 fully saturated rings. The van der Waals surface area contributed by atoms with Gasteiger partial charge in [0.1, 0.15) is 5.82 Å². The highest BCUT2D eigenvalue weighted by molar-refractivity contribution is 4.87. The highest BCUT2D eigenvalue weighted by atomic mass is 16.3. The van der Waals surface area contributed by atoms with E-state index in [-0.39, 0.29) is 13.2 Å². The van der Waals surface area contributed by atoms with E-state index in [1.165, 1.54) is 0 Å². The van der Waals surface area contributed by atoms with Crippen LogP contribution >= 0.6 is 0 Å². The SMILES string of the molecule is Cc1nccn1CCCCO.OCCCCn1ccnc1. The first-order valence-corrected chi connectivity index (χ1v) is 7.43. The van der Waals surface area contributed by atoms with Crippen LogP contribution in [0.25, 0.3) is 0 Å². The number of aliphatic hydroxyl groups is 2. The third-order valence-corrected chi connectivity index (χ3v) is 3.11. The van der Waals surface area contributed by atoms with Gasteiger partial charge >= 0.3 is 0 Å². The van der Waals surface area contributed by atoms with E-state index in [1.54, 1.807) is 18.7 Å². The monoisotopic (exact) mass is 294 g/mol. The zero-order valence-electron chi connectivity index (χ0n) is 12.7. The molecule has 0 spiro atoms. The quantitative estimate of drug-likeness (QED) is 0.725. The van der Waals surface area contributed by atoms with Gasteiger partial charge in [0, 0.05) is 51.1 Å². The van der Waals surface area contributed by atoms with Crippen molar-refractivity contribution in [2.24, 2.45) is 0 Å². The van der Waals surface area contributed by atoms with Crippen LogP contribution in [0.1, 0.15) is 31.5 Å². The van der Waals surface area contributed by atoms with Gasteiger partial charge in [-0.3, -0.25) is 0 Å². The fourth-order valence-electron chi connectivity index (χ4n) is 1.86. The summed E-state index contributed by atoms with van der Waals surface area (Å²) >= 11 is 0. The van der Waals surface area contributed by atoms with Gasteiger partial charge in [0.2, 0.25) is 0 Å². The van der Waals surface area contributed by atoms with Gasteiger partial charge in [-0.05, 0) is 32.6 Å². The summed E-state index contributed by atoms with van der Waals surface area (Å²) in [5.74, 6) is 1.04. The largest absolute Gasteiger partial charge is 0.396 e. The number of hydrogen-bond acceptors (Lipinski definition) is 4. The highest BCUT2D eigenvalue weighted by Crippen LogP contribution is 1.98. The van der Waals surface area contributed by atoms with Crippen LogP contribution in [0.4, 0.5) is 0 Å². The number of imidazole rings is 2. The van der Waals surface area contributed by atoms with Crippen LogP contribution in [0, 0.1) is 6.92 Å². The highest BCUT2D eigenvalue weighted by Gasteiger charge is 1.94. The molecule has 2 heterocycles. The Labute approximate surface area is 126 Å². The minimum Gasteiger partial charge on any atom is -0.396 e. The Balaban J connectivity index is 0.000000211. The number of aliphatic hydroxyl groups excluding tert-OH is 2. The van der Waals surface area contributed by atoms with E-state index in [9.17, 15) is 0 Å². The van der Waals surface area contributed by atoms with Crippen molar-refractivity contribution in [2.75, 3.05) is 13.2 Å². The molecule has 0 aliphatic heterocycles. The Morgan fingerprint density at radius 3 is 2.19 bits per heavy atom. The van der Waals surface area contributed by atoms with E-state index in [0.717, 1.165) is 44.6 Å². The third kappa shape index (κ3) is 7.63. The van der Waals surface area contributed by atoms with E-state index in [1.807, 2.05) is 23.9 Å². The van der Waals surface area contributed by atoms with Crippen molar-refractivity contribution < 1.29 is 10.2 Å². The molecular formula is C15H26N4O2. The molecule has 0 bridgehead atoms. The molecule has 6 heteroatoms. The lowest BCUT2D eigenvalue weighted by Crippen LogP contribution is -1.99. The average molecular weight is 294 g/mol. The molecule has 6 nitrogen and oxygen atoms in total. The van der Waals surface area contributed by atoms with E-state index < -0.39 is 0 Å². The Hall–Kier alpha value is -1.66. The van der Waals surface area contributed by atoms with Crippen LogP contribution in [0.2, 0.25) is 0 Å². The second kappa shape index (κ2) is 11.0. The van der Waals surface area contributed by atoms with Gasteiger partial charge in [0.05, 0.1) is 6.33 Å². The minimum absolute atomic E-state index is 0.285. The Morgan fingerprint density at radius 2 is 1.67 bits per heavy atom. The maximum atomic E-state index is 8.54. The molecule has 0 aliphatic carbocycles. The Morgan fingerprint density at radius 1 is 0.952 bits per heavy atom. The predicted molar refractivity (Wildman–Crippen MR) is 81.8 cm³/mol. The van der Waals surface area contributed by atoms with Crippen molar-refractivity contribution in [2.45, 2.75) is 45.7 Å². The van der Waals surface area contributed by atoms with E-state index in [0.29, 0.717) is 0 Å². The van der Waals surface area contributed by atoms with Crippen LogP contribution < -0.4 is 0 Å². The van der Waals surface area contributed by atoms with Crippen molar-refractivity contribution in [3.05, 3.63) is 36.9 Å². The van der Waals surface area contributed by atoms with Gasteiger partial charge in [0.25, 0.3) is 0 Å². The van der Waals surface area contributed by atoms with Gasteiger partial charge in [-0.15, -0.1) is 0 Å². The zero-order chi connectivity index (χ0) is 15.3. The second-order valence-corrected chi connectivity index (χ2v) is 4.83. The molecule has 2 rings (SSSR count). The second-order valence-electron chi connectivity index (χ2n) is 4.83. The zero-order valence-corrected chi connectivity index (χ0v) is 12.7. The summed E-state index contributed by atoms with van der Waals surface area (Å²) in [4.78, 5) is 8.00. The molecule has 0 saturated heterocycles.